The molecule has 0 saturated heterocycles. The van der Waals surface area contributed by atoms with Crippen molar-refractivity contribution >= 4 is 38.2 Å². The van der Waals surface area contributed by atoms with Crippen LogP contribution < -0.4 is 4.72 Å². The van der Waals surface area contributed by atoms with Crippen molar-refractivity contribution in [2.24, 2.45) is 0 Å². The molecule has 7 heteroatoms. The van der Waals surface area contributed by atoms with Crippen molar-refractivity contribution < 1.29 is 8.42 Å². The quantitative estimate of drug-likeness (QED) is 0.753. The Morgan fingerprint density at radius 2 is 1.86 bits per heavy atom. The monoisotopic (exact) mass is 319 g/mol. The van der Waals surface area contributed by atoms with Crippen LogP contribution in [0, 0.1) is 0 Å². The zero-order valence-corrected chi connectivity index (χ0v) is 12.3. The highest BCUT2D eigenvalue weighted by atomic mass is 35.5. The van der Waals surface area contributed by atoms with E-state index in [2.05, 4.69) is 14.7 Å². The van der Waals surface area contributed by atoms with Gasteiger partial charge in [-0.1, -0.05) is 17.7 Å². The van der Waals surface area contributed by atoms with Gasteiger partial charge in [-0.3, -0.25) is 9.71 Å². The number of nitrogens with zero attached hydrogens (tertiary/aromatic N) is 2. The van der Waals surface area contributed by atoms with Gasteiger partial charge in [0.05, 0.1) is 11.2 Å². The van der Waals surface area contributed by atoms with Crippen LogP contribution in [0.3, 0.4) is 0 Å². The molecule has 0 fully saturated rings. The Kier molecular flexibility index (Phi) is 3.48. The summed E-state index contributed by atoms with van der Waals surface area (Å²) in [6.45, 7) is 0. The lowest BCUT2D eigenvalue weighted by Crippen LogP contribution is -2.13. The van der Waals surface area contributed by atoms with E-state index in [1.54, 1.807) is 30.5 Å². The van der Waals surface area contributed by atoms with Crippen molar-refractivity contribution in [3.63, 3.8) is 0 Å². The second-order valence-electron chi connectivity index (χ2n) is 4.30. The number of rotatable bonds is 3. The molecule has 21 heavy (non-hydrogen) atoms. The lowest BCUT2D eigenvalue weighted by Gasteiger charge is -2.10. The smallest absolute Gasteiger partial charge is 0.263 e. The van der Waals surface area contributed by atoms with E-state index in [-0.39, 0.29) is 10.0 Å². The van der Waals surface area contributed by atoms with Gasteiger partial charge in [0.1, 0.15) is 10.0 Å². The summed E-state index contributed by atoms with van der Waals surface area (Å²) in [4.78, 5) is 8.02. The van der Waals surface area contributed by atoms with Gasteiger partial charge in [0.25, 0.3) is 10.0 Å². The summed E-state index contributed by atoms with van der Waals surface area (Å²) in [6.07, 6.45) is 2.87. The molecule has 2 heterocycles. The maximum absolute atomic E-state index is 12.3. The molecule has 3 rings (SSSR count). The number of anilines is 1. The maximum Gasteiger partial charge on any atom is 0.263 e. The summed E-state index contributed by atoms with van der Waals surface area (Å²) in [5.41, 5.74) is 1.18. The third-order valence-electron chi connectivity index (χ3n) is 2.90. The normalized spacial score (nSPS) is 11.5. The Balaban J connectivity index is 2.03. The summed E-state index contributed by atoms with van der Waals surface area (Å²) in [6, 6.07) is 11.6. The third-order valence-corrected chi connectivity index (χ3v) is 4.47. The standard InChI is InChI=1S/C14H10ClN3O2S/c15-14-7-6-10(9-17-14)21(19,20)18-13-5-1-4-12-11(13)3-2-8-16-12/h1-9,18H. The lowest BCUT2D eigenvalue weighted by atomic mass is 10.2. The van der Waals surface area contributed by atoms with Crippen molar-refractivity contribution in [3.8, 4) is 0 Å². The van der Waals surface area contributed by atoms with Gasteiger partial charge in [-0.2, -0.15) is 0 Å². The van der Waals surface area contributed by atoms with Crippen LogP contribution in [0.1, 0.15) is 0 Å². The number of hydrogen-bond donors (Lipinski definition) is 1. The van der Waals surface area contributed by atoms with Crippen LogP contribution in [0.25, 0.3) is 10.9 Å². The highest BCUT2D eigenvalue weighted by molar-refractivity contribution is 7.92. The van der Waals surface area contributed by atoms with Gasteiger partial charge in [-0.05, 0) is 36.4 Å². The first-order valence-corrected chi connectivity index (χ1v) is 7.90. The Labute approximate surface area is 126 Å². The average Bonchev–Trinajstić information content (AvgIpc) is 2.48. The Hall–Kier alpha value is -2.18. The molecule has 3 aromatic rings. The van der Waals surface area contributed by atoms with Gasteiger partial charge in [0, 0.05) is 17.8 Å². The van der Waals surface area contributed by atoms with Crippen LogP contribution >= 0.6 is 11.6 Å². The van der Waals surface area contributed by atoms with Crippen LogP contribution in [-0.4, -0.2) is 18.4 Å². The number of nitrogens with one attached hydrogen (secondary N) is 1. The fourth-order valence-electron chi connectivity index (χ4n) is 1.92. The highest BCUT2D eigenvalue weighted by Gasteiger charge is 2.16. The van der Waals surface area contributed by atoms with Gasteiger partial charge in [0.2, 0.25) is 0 Å². The fraction of sp³-hybridized carbons (Fsp3) is 0. The summed E-state index contributed by atoms with van der Waals surface area (Å²) in [5, 5.41) is 0.966. The first-order chi connectivity index (χ1) is 10.1. The van der Waals surface area contributed by atoms with Gasteiger partial charge in [-0.25, -0.2) is 13.4 Å². The zero-order chi connectivity index (χ0) is 14.9. The molecule has 0 atom stereocenters. The van der Waals surface area contributed by atoms with Crippen LogP contribution in [0.15, 0.2) is 59.8 Å². The first kappa shape index (κ1) is 13.8. The van der Waals surface area contributed by atoms with Gasteiger partial charge in [-0.15, -0.1) is 0 Å². The van der Waals surface area contributed by atoms with E-state index in [4.69, 9.17) is 11.6 Å². The Morgan fingerprint density at radius 3 is 2.62 bits per heavy atom. The van der Waals surface area contributed by atoms with Crippen LogP contribution in [0.5, 0.6) is 0 Å². The molecule has 106 valence electrons. The molecule has 0 amide bonds. The number of hydrogen-bond acceptors (Lipinski definition) is 4. The maximum atomic E-state index is 12.3. The molecule has 0 saturated carbocycles. The molecule has 5 nitrogen and oxygen atoms in total. The molecule has 2 aromatic heterocycles. The molecular formula is C14H10ClN3O2S. The molecule has 0 aliphatic carbocycles. The molecule has 0 unspecified atom stereocenters. The molecule has 0 radical (unpaired) electrons. The number of benzene rings is 1. The summed E-state index contributed by atoms with van der Waals surface area (Å²) in [7, 11) is -3.72. The molecule has 1 aromatic carbocycles. The second kappa shape index (κ2) is 5.31. The van der Waals surface area contributed by atoms with Crippen molar-refractivity contribution in [2.75, 3.05) is 4.72 Å². The SMILES string of the molecule is O=S(=O)(Nc1cccc2ncccc12)c1ccc(Cl)nc1. The summed E-state index contributed by atoms with van der Waals surface area (Å²) >= 11 is 5.67. The first-order valence-electron chi connectivity index (χ1n) is 6.04. The van der Waals surface area contributed by atoms with E-state index in [1.165, 1.54) is 18.3 Å². The van der Waals surface area contributed by atoms with E-state index in [0.29, 0.717) is 11.2 Å². The summed E-state index contributed by atoms with van der Waals surface area (Å²) < 4.78 is 27.2. The Morgan fingerprint density at radius 1 is 1.00 bits per heavy atom. The summed E-state index contributed by atoms with van der Waals surface area (Å²) in [5.74, 6) is 0. The second-order valence-corrected chi connectivity index (χ2v) is 6.37. The zero-order valence-electron chi connectivity index (χ0n) is 10.7. The van der Waals surface area contributed by atoms with E-state index in [1.807, 2.05) is 6.07 Å². The number of fused-ring (bicyclic) bond motifs is 1. The highest BCUT2D eigenvalue weighted by Crippen LogP contribution is 2.24. The largest absolute Gasteiger partial charge is 0.279 e. The van der Waals surface area contributed by atoms with Gasteiger partial charge < -0.3 is 0 Å². The minimum absolute atomic E-state index is 0.0489. The predicted molar refractivity (Wildman–Crippen MR) is 81.8 cm³/mol. The molecule has 0 spiro atoms. The number of sulfonamides is 1. The number of halogens is 1. The van der Waals surface area contributed by atoms with Crippen LogP contribution in [0.2, 0.25) is 5.15 Å². The van der Waals surface area contributed by atoms with E-state index in [0.717, 1.165) is 5.39 Å². The third kappa shape index (κ3) is 2.81. The lowest BCUT2D eigenvalue weighted by molar-refractivity contribution is 0.601. The van der Waals surface area contributed by atoms with Crippen molar-refractivity contribution in [1.82, 2.24) is 9.97 Å². The van der Waals surface area contributed by atoms with Crippen LogP contribution in [-0.2, 0) is 10.0 Å². The van der Waals surface area contributed by atoms with Crippen LogP contribution in [0.4, 0.5) is 5.69 Å². The minimum atomic E-state index is -3.72. The number of pyridine rings is 2. The van der Waals surface area contributed by atoms with Gasteiger partial charge in [0.15, 0.2) is 0 Å². The molecule has 0 bridgehead atoms. The molecule has 0 aliphatic heterocycles. The fourth-order valence-corrected chi connectivity index (χ4v) is 3.05. The molecule has 1 N–H and O–H groups in total. The average molecular weight is 320 g/mol. The van der Waals surface area contributed by atoms with E-state index in [9.17, 15) is 8.42 Å². The Bertz CT molecular complexity index is 890. The molecular weight excluding hydrogens is 310 g/mol. The predicted octanol–water partition coefficient (Wildman–Crippen LogP) is 3.08. The van der Waals surface area contributed by atoms with Crippen molar-refractivity contribution in [3.05, 3.63) is 60.0 Å². The number of aromatic nitrogens is 2. The van der Waals surface area contributed by atoms with Gasteiger partial charge >= 0.3 is 0 Å². The topological polar surface area (TPSA) is 72.0 Å². The van der Waals surface area contributed by atoms with E-state index < -0.39 is 10.0 Å². The molecule has 0 aliphatic rings. The van der Waals surface area contributed by atoms with E-state index >= 15 is 0 Å². The van der Waals surface area contributed by atoms with Crippen molar-refractivity contribution in [2.45, 2.75) is 4.90 Å². The minimum Gasteiger partial charge on any atom is -0.279 e. The van der Waals surface area contributed by atoms with Crippen molar-refractivity contribution in [1.29, 1.82) is 0 Å².